The van der Waals surface area contributed by atoms with Crippen molar-refractivity contribution < 1.29 is 36.9 Å². The van der Waals surface area contributed by atoms with Crippen molar-refractivity contribution in [1.29, 1.82) is 0 Å². The highest BCUT2D eigenvalue weighted by atomic mass is 32.2. The summed E-state index contributed by atoms with van der Waals surface area (Å²) in [6.45, 7) is 3.43. The number of aliphatic hydroxyl groups is 2. The number of fused-ring (bicyclic) bond motifs is 1. The SMILES string of the molecule is C[C@H]1C[C@@H](Oc2ccnc(COc3ccc(F)cc3F)n2)CCN1Cc1nc2ccc(C(O)O)cc2n1C[C@@H]1CCS1(=O)=O. The zero-order valence-corrected chi connectivity index (χ0v) is 24.8. The first-order valence-corrected chi connectivity index (χ1v) is 16.1. The topological polar surface area (TPSA) is 140 Å². The van der Waals surface area contributed by atoms with Gasteiger partial charge in [0.2, 0.25) is 5.88 Å². The second kappa shape index (κ2) is 12.3. The molecule has 0 saturated carbocycles. The summed E-state index contributed by atoms with van der Waals surface area (Å²) in [6, 6.07) is 9.80. The van der Waals surface area contributed by atoms with E-state index in [2.05, 4.69) is 21.8 Å². The van der Waals surface area contributed by atoms with Crippen molar-refractivity contribution in [3.05, 3.63) is 77.5 Å². The molecule has 6 rings (SSSR count). The van der Waals surface area contributed by atoms with Crippen LogP contribution in [0.2, 0.25) is 0 Å². The van der Waals surface area contributed by atoms with E-state index in [9.17, 15) is 27.4 Å². The lowest BCUT2D eigenvalue weighted by Gasteiger charge is -2.37. The quantitative estimate of drug-likeness (QED) is 0.251. The third-order valence-corrected chi connectivity index (χ3v) is 10.5. The van der Waals surface area contributed by atoms with E-state index in [-0.39, 0.29) is 36.8 Å². The Bertz CT molecular complexity index is 1770. The lowest BCUT2D eigenvalue weighted by Crippen LogP contribution is -2.45. The Hall–Kier alpha value is -3.72. The van der Waals surface area contributed by atoms with E-state index in [4.69, 9.17) is 14.5 Å². The fourth-order valence-electron chi connectivity index (χ4n) is 5.68. The summed E-state index contributed by atoms with van der Waals surface area (Å²) >= 11 is 0. The maximum absolute atomic E-state index is 13.9. The predicted molar refractivity (Wildman–Crippen MR) is 155 cm³/mol. The van der Waals surface area contributed by atoms with Gasteiger partial charge in [0, 0.05) is 43.0 Å². The molecule has 2 aliphatic heterocycles. The number of aromatic nitrogens is 4. The highest BCUT2D eigenvalue weighted by Gasteiger charge is 2.37. The highest BCUT2D eigenvalue weighted by Crippen LogP contribution is 2.29. The summed E-state index contributed by atoms with van der Waals surface area (Å²) in [7, 11) is -3.14. The molecule has 4 aromatic rings. The largest absolute Gasteiger partial charge is 0.483 e. The minimum Gasteiger partial charge on any atom is -0.483 e. The van der Waals surface area contributed by atoms with Crippen LogP contribution in [0.15, 0.2) is 48.7 Å². The molecule has 2 fully saturated rings. The van der Waals surface area contributed by atoms with Crippen LogP contribution < -0.4 is 9.47 Å². The van der Waals surface area contributed by atoms with E-state index in [1.807, 2.05) is 4.57 Å². The number of hydrogen-bond donors (Lipinski definition) is 2. The average Bonchev–Trinajstić information content (AvgIpc) is 3.32. The molecule has 44 heavy (non-hydrogen) atoms. The average molecular weight is 630 g/mol. The number of ether oxygens (including phenoxy) is 2. The number of sulfone groups is 1. The smallest absolute Gasteiger partial charge is 0.216 e. The van der Waals surface area contributed by atoms with Gasteiger partial charge in [-0.2, -0.15) is 4.98 Å². The normalized spacial score (nSPS) is 21.8. The summed E-state index contributed by atoms with van der Waals surface area (Å²) in [5, 5.41) is 18.9. The van der Waals surface area contributed by atoms with E-state index in [0.717, 1.165) is 18.0 Å². The van der Waals surface area contributed by atoms with Gasteiger partial charge in [-0.25, -0.2) is 27.2 Å². The van der Waals surface area contributed by atoms with Gasteiger partial charge in [-0.15, -0.1) is 0 Å². The maximum Gasteiger partial charge on any atom is 0.216 e. The van der Waals surface area contributed by atoms with Gasteiger partial charge in [0.25, 0.3) is 0 Å². The van der Waals surface area contributed by atoms with Crippen molar-refractivity contribution in [2.45, 2.75) is 69.6 Å². The molecule has 3 atom stereocenters. The molecule has 2 aromatic carbocycles. The summed E-state index contributed by atoms with van der Waals surface area (Å²) in [6.07, 6.45) is 1.77. The van der Waals surface area contributed by atoms with E-state index in [1.54, 1.807) is 24.3 Å². The molecule has 14 heteroatoms. The molecule has 2 aliphatic rings. The summed E-state index contributed by atoms with van der Waals surface area (Å²) in [5.41, 5.74) is 1.65. The molecule has 2 aromatic heterocycles. The standard InChI is InChI=1S/C30H33F2N5O6S/c1-18-12-21(43-29-6-9-33-27(35-29)17-42-26-5-3-20(31)14-23(26)32)7-10-36(18)16-28-34-24-4-2-19(30(38)39)13-25(24)37(28)15-22-8-11-44(22,40)41/h2-6,9,13-14,18,21-22,30,38-39H,7-8,10-12,15-17H2,1H3/t18-,21-,22-/m0/s1. The molecule has 2 saturated heterocycles. The van der Waals surface area contributed by atoms with Crippen molar-refractivity contribution in [2.75, 3.05) is 12.3 Å². The first kappa shape index (κ1) is 30.3. The fourth-order valence-corrected chi connectivity index (χ4v) is 7.01. The number of piperidine rings is 1. The second-order valence-corrected chi connectivity index (χ2v) is 13.7. The van der Waals surface area contributed by atoms with Gasteiger partial charge < -0.3 is 24.3 Å². The molecule has 0 amide bonds. The van der Waals surface area contributed by atoms with Crippen molar-refractivity contribution in [3.63, 3.8) is 0 Å². The van der Waals surface area contributed by atoms with Crippen LogP contribution in [-0.4, -0.2) is 72.7 Å². The van der Waals surface area contributed by atoms with Crippen LogP contribution in [0, 0.1) is 11.6 Å². The predicted octanol–water partition coefficient (Wildman–Crippen LogP) is 3.29. The number of likely N-dealkylation sites (tertiary alicyclic amines) is 1. The Balaban J connectivity index is 1.11. The highest BCUT2D eigenvalue weighted by molar-refractivity contribution is 7.93. The maximum atomic E-state index is 13.9. The molecule has 2 N–H and O–H groups in total. The minimum absolute atomic E-state index is 0.100. The molecule has 11 nitrogen and oxygen atoms in total. The number of imidazole rings is 1. The van der Waals surface area contributed by atoms with Crippen molar-refractivity contribution in [2.24, 2.45) is 0 Å². The summed E-state index contributed by atoms with van der Waals surface area (Å²) < 4.78 is 65.3. The van der Waals surface area contributed by atoms with Crippen LogP contribution in [0.3, 0.4) is 0 Å². The fraction of sp³-hybridized carbons (Fsp3) is 0.433. The molecule has 0 unspecified atom stereocenters. The third kappa shape index (κ3) is 6.53. The Morgan fingerprint density at radius 1 is 1.09 bits per heavy atom. The molecular formula is C30H33F2N5O6S. The zero-order valence-electron chi connectivity index (χ0n) is 24.0. The molecule has 0 spiro atoms. The van der Waals surface area contributed by atoms with Crippen molar-refractivity contribution >= 4 is 20.9 Å². The van der Waals surface area contributed by atoms with Crippen LogP contribution in [0.1, 0.15) is 49.7 Å². The minimum atomic E-state index is -3.14. The Labute approximate surface area is 253 Å². The number of benzene rings is 2. The number of nitrogens with zero attached hydrogens (tertiary/aromatic N) is 5. The Morgan fingerprint density at radius 2 is 1.93 bits per heavy atom. The lowest BCUT2D eigenvalue weighted by atomic mass is 10.0. The third-order valence-electron chi connectivity index (χ3n) is 8.30. The van der Waals surface area contributed by atoms with Crippen molar-refractivity contribution in [1.82, 2.24) is 24.4 Å². The number of halogens is 2. The monoisotopic (exact) mass is 629 g/mol. The van der Waals surface area contributed by atoms with Gasteiger partial charge in [0.15, 0.2) is 33.5 Å². The molecule has 0 radical (unpaired) electrons. The summed E-state index contributed by atoms with van der Waals surface area (Å²) in [4.78, 5) is 15.6. The van der Waals surface area contributed by atoms with Crippen LogP contribution in [0.5, 0.6) is 11.6 Å². The van der Waals surface area contributed by atoms with Gasteiger partial charge in [0.1, 0.15) is 24.4 Å². The Kier molecular flexibility index (Phi) is 8.51. The number of rotatable bonds is 10. The van der Waals surface area contributed by atoms with E-state index < -0.39 is 33.0 Å². The van der Waals surface area contributed by atoms with E-state index >= 15 is 0 Å². The van der Waals surface area contributed by atoms with E-state index in [1.165, 1.54) is 12.3 Å². The first-order chi connectivity index (χ1) is 21.1. The molecular weight excluding hydrogens is 596 g/mol. The number of hydrogen-bond acceptors (Lipinski definition) is 10. The molecule has 0 aliphatic carbocycles. The first-order valence-electron chi connectivity index (χ1n) is 14.4. The van der Waals surface area contributed by atoms with Gasteiger partial charge in [-0.1, -0.05) is 6.07 Å². The second-order valence-electron chi connectivity index (χ2n) is 11.3. The molecule has 234 valence electrons. The Morgan fingerprint density at radius 3 is 2.64 bits per heavy atom. The van der Waals surface area contributed by atoms with Crippen LogP contribution >= 0.6 is 0 Å². The van der Waals surface area contributed by atoms with Gasteiger partial charge >= 0.3 is 0 Å². The van der Waals surface area contributed by atoms with Gasteiger partial charge in [-0.3, -0.25) is 4.90 Å². The van der Waals surface area contributed by atoms with E-state index in [0.29, 0.717) is 60.7 Å². The van der Waals surface area contributed by atoms with Gasteiger partial charge in [-0.05, 0) is 50.5 Å². The molecule has 0 bridgehead atoms. The van der Waals surface area contributed by atoms with Crippen LogP contribution in [-0.2, 0) is 29.5 Å². The van der Waals surface area contributed by atoms with Crippen molar-refractivity contribution in [3.8, 4) is 11.6 Å². The lowest BCUT2D eigenvalue weighted by molar-refractivity contribution is -0.0424. The van der Waals surface area contributed by atoms with Crippen LogP contribution in [0.4, 0.5) is 8.78 Å². The van der Waals surface area contributed by atoms with Crippen LogP contribution in [0.25, 0.3) is 11.0 Å². The summed E-state index contributed by atoms with van der Waals surface area (Å²) in [5.74, 6) is -0.0429. The molecule has 4 heterocycles. The zero-order chi connectivity index (χ0) is 31.0. The van der Waals surface area contributed by atoms with Gasteiger partial charge in [0.05, 0.1) is 28.6 Å². The number of aliphatic hydroxyl groups excluding tert-OH is 1.